The molecular formula is C16H25NO3. The molecule has 0 aromatic rings. The molecule has 3 atom stereocenters. The number of carboxylic acids is 1. The largest absolute Gasteiger partial charge is 0.480 e. The van der Waals surface area contributed by atoms with Gasteiger partial charge in [-0.1, -0.05) is 26.3 Å². The average molecular weight is 279 g/mol. The van der Waals surface area contributed by atoms with Crippen LogP contribution in [0.5, 0.6) is 0 Å². The quantitative estimate of drug-likeness (QED) is 0.811. The second kappa shape index (κ2) is 5.68. The van der Waals surface area contributed by atoms with Gasteiger partial charge in [-0.3, -0.25) is 14.5 Å². The third-order valence-electron chi connectivity index (χ3n) is 5.08. The van der Waals surface area contributed by atoms with Crippen molar-refractivity contribution in [3.63, 3.8) is 0 Å². The first-order valence-electron chi connectivity index (χ1n) is 7.67. The van der Waals surface area contributed by atoms with Crippen molar-refractivity contribution in [3.8, 4) is 0 Å². The number of ketones is 1. The van der Waals surface area contributed by atoms with Crippen LogP contribution in [0.4, 0.5) is 0 Å². The van der Waals surface area contributed by atoms with Gasteiger partial charge in [0.15, 0.2) is 5.78 Å². The molecule has 1 heterocycles. The lowest BCUT2D eigenvalue weighted by atomic mass is 9.96. The molecule has 2 aliphatic rings. The molecule has 1 aliphatic heterocycles. The summed E-state index contributed by atoms with van der Waals surface area (Å²) in [7, 11) is 0. The first-order valence-corrected chi connectivity index (χ1v) is 7.67. The van der Waals surface area contributed by atoms with Crippen molar-refractivity contribution in [2.24, 2.45) is 11.8 Å². The molecule has 2 rings (SSSR count). The van der Waals surface area contributed by atoms with Crippen molar-refractivity contribution in [1.82, 2.24) is 4.90 Å². The first-order chi connectivity index (χ1) is 9.43. The average Bonchev–Trinajstić information content (AvgIpc) is 2.96. The van der Waals surface area contributed by atoms with E-state index < -0.39 is 11.5 Å². The number of fused-ring (bicyclic) bond motifs is 1. The van der Waals surface area contributed by atoms with Gasteiger partial charge >= 0.3 is 5.97 Å². The summed E-state index contributed by atoms with van der Waals surface area (Å²) in [5.74, 6) is -0.316. The normalized spacial score (nSPS) is 29.1. The van der Waals surface area contributed by atoms with Gasteiger partial charge < -0.3 is 5.11 Å². The third kappa shape index (κ3) is 2.41. The van der Waals surface area contributed by atoms with Crippen LogP contribution >= 0.6 is 0 Å². The van der Waals surface area contributed by atoms with E-state index in [9.17, 15) is 14.7 Å². The molecule has 0 aromatic carbocycles. The van der Waals surface area contributed by atoms with Crippen LogP contribution in [0.1, 0.15) is 46.5 Å². The summed E-state index contributed by atoms with van der Waals surface area (Å²) in [6.45, 7) is 7.08. The molecule has 20 heavy (non-hydrogen) atoms. The van der Waals surface area contributed by atoms with Crippen molar-refractivity contribution in [2.45, 2.75) is 52.0 Å². The number of rotatable bonds is 6. The van der Waals surface area contributed by atoms with Gasteiger partial charge in [0.25, 0.3) is 0 Å². The van der Waals surface area contributed by atoms with Crippen molar-refractivity contribution in [1.29, 1.82) is 0 Å². The minimum Gasteiger partial charge on any atom is -0.480 e. The number of hydrogen-bond donors (Lipinski definition) is 1. The van der Waals surface area contributed by atoms with Gasteiger partial charge in [-0.25, -0.2) is 0 Å². The van der Waals surface area contributed by atoms with Crippen LogP contribution in [-0.4, -0.2) is 40.4 Å². The van der Waals surface area contributed by atoms with E-state index in [4.69, 9.17) is 0 Å². The Kier molecular flexibility index (Phi) is 4.33. The van der Waals surface area contributed by atoms with E-state index in [1.54, 1.807) is 6.92 Å². The van der Waals surface area contributed by atoms with Crippen LogP contribution in [0.2, 0.25) is 0 Å². The molecule has 4 nitrogen and oxygen atoms in total. The number of allylic oxidation sites excluding steroid dienone is 1. The maximum absolute atomic E-state index is 12.4. The fourth-order valence-electron chi connectivity index (χ4n) is 3.34. The number of Topliss-reactive ketones (excluding diaryl/α,β-unsaturated/α-hetero) is 1. The van der Waals surface area contributed by atoms with E-state index in [2.05, 4.69) is 13.0 Å². The molecular weight excluding hydrogens is 254 g/mol. The Bertz CT molecular complexity index is 443. The van der Waals surface area contributed by atoms with E-state index in [0.29, 0.717) is 19.5 Å². The number of carboxylic acid groups (broad SMARTS) is 1. The fraction of sp³-hybridized carbons (Fsp3) is 0.750. The Hall–Kier alpha value is -1.16. The van der Waals surface area contributed by atoms with E-state index in [-0.39, 0.29) is 17.6 Å². The van der Waals surface area contributed by atoms with Crippen LogP contribution in [0.3, 0.4) is 0 Å². The van der Waals surface area contributed by atoms with Crippen LogP contribution in [-0.2, 0) is 9.59 Å². The van der Waals surface area contributed by atoms with Crippen molar-refractivity contribution >= 4 is 11.8 Å². The molecule has 4 heteroatoms. The Morgan fingerprint density at radius 1 is 1.45 bits per heavy atom. The Morgan fingerprint density at radius 3 is 2.65 bits per heavy atom. The second-order valence-corrected chi connectivity index (χ2v) is 6.27. The molecule has 112 valence electrons. The van der Waals surface area contributed by atoms with Gasteiger partial charge in [0, 0.05) is 24.9 Å². The minimum atomic E-state index is -0.845. The molecule has 0 amide bonds. The number of hydrogen-bond acceptors (Lipinski definition) is 3. The predicted molar refractivity (Wildman–Crippen MR) is 77.5 cm³/mol. The van der Waals surface area contributed by atoms with Crippen molar-refractivity contribution in [2.75, 3.05) is 13.1 Å². The van der Waals surface area contributed by atoms with Gasteiger partial charge in [0.05, 0.1) is 0 Å². The predicted octanol–water partition coefficient (Wildman–Crippen LogP) is 2.49. The lowest BCUT2D eigenvalue weighted by Crippen LogP contribution is -2.51. The monoisotopic (exact) mass is 279 g/mol. The SMILES string of the molecule is CCCCC1=C[C@@H]2CN([C@@](C)(CC)C(=O)O)C[C@@H]2C1=O. The summed E-state index contributed by atoms with van der Waals surface area (Å²) in [6.07, 6.45) is 5.71. The molecule has 0 unspecified atom stereocenters. The highest BCUT2D eigenvalue weighted by Gasteiger charge is 2.49. The zero-order valence-corrected chi connectivity index (χ0v) is 12.7. The van der Waals surface area contributed by atoms with E-state index in [0.717, 1.165) is 24.8 Å². The molecule has 1 aliphatic carbocycles. The lowest BCUT2D eigenvalue weighted by molar-refractivity contribution is -0.150. The zero-order valence-electron chi connectivity index (χ0n) is 12.7. The summed E-state index contributed by atoms with van der Waals surface area (Å²) in [5.41, 5.74) is 0.136. The summed E-state index contributed by atoms with van der Waals surface area (Å²) in [5, 5.41) is 9.45. The summed E-state index contributed by atoms with van der Waals surface area (Å²) in [6, 6.07) is 0. The van der Waals surface area contributed by atoms with Gasteiger partial charge in [-0.2, -0.15) is 0 Å². The summed E-state index contributed by atoms with van der Waals surface area (Å²) in [4.78, 5) is 25.9. The molecule has 0 spiro atoms. The Labute approximate surface area is 120 Å². The van der Waals surface area contributed by atoms with E-state index >= 15 is 0 Å². The number of likely N-dealkylation sites (tertiary alicyclic amines) is 1. The van der Waals surface area contributed by atoms with Crippen LogP contribution in [0.25, 0.3) is 0 Å². The highest BCUT2D eigenvalue weighted by Crippen LogP contribution is 2.39. The molecule has 0 aromatic heterocycles. The van der Waals surface area contributed by atoms with Gasteiger partial charge in [-0.05, 0) is 31.8 Å². The van der Waals surface area contributed by atoms with Gasteiger partial charge in [0.1, 0.15) is 5.54 Å². The minimum absolute atomic E-state index is 0.00733. The molecule has 1 saturated heterocycles. The van der Waals surface area contributed by atoms with E-state index in [1.165, 1.54) is 0 Å². The number of unbranched alkanes of at least 4 members (excludes halogenated alkanes) is 1. The second-order valence-electron chi connectivity index (χ2n) is 6.27. The number of aliphatic carboxylic acids is 1. The topological polar surface area (TPSA) is 57.6 Å². The lowest BCUT2D eigenvalue weighted by Gasteiger charge is -2.34. The third-order valence-corrected chi connectivity index (χ3v) is 5.08. The van der Waals surface area contributed by atoms with Crippen LogP contribution in [0, 0.1) is 11.8 Å². The zero-order chi connectivity index (χ0) is 14.9. The maximum Gasteiger partial charge on any atom is 0.323 e. The Morgan fingerprint density at radius 2 is 2.15 bits per heavy atom. The highest BCUT2D eigenvalue weighted by atomic mass is 16.4. The van der Waals surface area contributed by atoms with Gasteiger partial charge in [0.2, 0.25) is 0 Å². The highest BCUT2D eigenvalue weighted by molar-refractivity contribution is 6.00. The fourth-order valence-corrected chi connectivity index (χ4v) is 3.34. The smallest absolute Gasteiger partial charge is 0.323 e. The number of carbonyl (C=O) groups excluding carboxylic acids is 1. The van der Waals surface area contributed by atoms with Crippen LogP contribution in [0.15, 0.2) is 11.6 Å². The summed E-state index contributed by atoms with van der Waals surface area (Å²) < 4.78 is 0. The molecule has 1 N–H and O–H groups in total. The Balaban J connectivity index is 2.09. The van der Waals surface area contributed by atoms with Crippen LogP contribution < -0.4 is 0 Å². The van der Waals surface area contributed by atoms with Crippen molar-refractivity contribution < 1.29 is 14.7 Å². The maximum atomic E-state index is 12.4. The molecule has 0 saturated carbocycles. The molecule has 1 fully saturated rings. The van der Waals surface area contributed by atoms with E-state index in [1.807, 2.05) is 11.8 Å². The standard InChI is InChI=1S/C16H25NO3/c1-4-6-7-11-8-12-9-17(10-13(12)14(11)18)16(3,5-2)15(19)20/h8,12-13H,4-7,9-10H2,1-3H3,(H,19,20)/t12-,13+,16+/m1/s1. The number of carbonyl (C=O) groups is 2. The van der Waals surface area contributed by atoms with Gasteiger partial charge in [-0.15, -0.1) is 0 Å². The molecule has 0 radical (unpaired) electrons. The first kappa shape index (κ1) is 15.2. The number of nitrogens with zero attached hydrogens (tertiary/aromatic N) is 1. The summed E-state index contributed by atoms with van der Waals surface area (Å²) >= 11 is 0. The molecule has 0 bridgehead atoms. The van der Waals surface area contributed by atoms with Crippen molar-refractivity contribution in [3.05, 3.63) is 11.6 Å².